The summed E-state index contributed by atoms with van der Waals surface area (Å²) in [5.74, 6) is 3.53. The number of anilines is 1. The number of carbonyl (C=O) groups is 1. The Morgan fingerprint density at radius 1 is 1.06 bits per heavy atom. The van der Waals surface area contributed by atoms with Crippen molar-refractivity contribution in [1.29, 1.82) is 0 Å². The third-order valence-electron chi connectivity index (χ3n) is 6.81. The zero-order valence-corrected chi connectivity index (χ0v) is 20.6. The van der Waals surface area contributed by atoms with E-state index < -0.39 is 0 Å². The Morgan fingerprint density at radius 2 is 1.74 bits per heavy atom. The third kappa shape index (κ3) is 5.03. The quantitative estimate of drug-likeness (QED) is 0.692. The van der Waals surface area contributed by atoms with Gasteiger partial charge in [-0.25, -0.2) is 9.97 Å². The highest BCUT2D eigenvalue weighted by molar-refractivity contribution is 7.18. The molecule has 0 radical (unpaired) electrons. The van der Waals surface area contributed by atoms with Crippen molar-refractivity contribution in [3.05, 3.63) is 16.3 Å². The van der Waals surface area contributed by atoms with Crippen molar-refractivity contribution in [1.82, 2.24) is 19.8 Å². The first-order valence-corrected chi connectivity index (χ1v) is 12.6. The maximum Gasteiger partial charge on any atom is 0.222 e. The van der Waals surface area contributed by atoms with Crippen molar-refractivity contribution in [2.75, 3.05) is 44.2 Å². The Hall–Kier alpha value is -1.73. The van der Waals surface area contributed by atoms with E-state index in [9.17, 15) is 4.79 Å². The fraction of sp³-hybridized carbons (Fsp3) is 0.708. The van der Waals surface area contributed by atoms with E-state index in [1.165, 1.54) is 28.7 Å². The summed E-state index contributed by atoms with van der Waals surface area (Å²) >= 11 is 1.78. The van der Waals surface area contributed by atoms with Crippen LogP contribution in [0.1, 0.15) is 56.3 Å². The van der Waals surface area contributed by atoms with Gasteiger partial charge in [-0.2, -0.15) is 0 Å². The molecule has 4 heterocycles. The number of rotatable bonds is 5. The molecule has 2 aliphatic heterocycles. The fourth-order valence-electron chi connectivity index (χ4n) is 4.64. The minimum absolute atomic E-state index is 0.282. The Labute approximate surface area is 190 Å². The minimum Gasteiger partial charge on any atom is -0.352 e. The number of aromatic nitrogens is 2. The maximum atomic E-state index is 12.5. The van der Waals surface area contributed by atoms with Crippen molar-refractivity contribution in [3.8, 4) is 0 Å². The molecular formula is C24H37N5OS. The van der Waals surface area contributed by atoms with Crippen molar-refractivity contribution < 1.29 is 4.79 Å². The first-order chi connectivity index (χ1) is 14.8. The van der Waals surface area contributed by atoms with Gasteiger partial charge in [0.15, 0.2) is 0 Å². The number of fused-ring (bicyclic) bond motifs is 1. The Balaban J connectivity index is 1.55. The zero-order chi connectivity index (χ0) is 22.1. The van der Waals surface area contributed by atoms with Gasteiger partial charge in [-0.15, -0.1) is 11.3 Å². The normalized spacial score (nSPS) is 19.0. The molecule has 31 heavy (non-hydrogen) atoms. The van der Waals surface area contributed by atoms with Crippen LogP contribution in [0.25, 0.3) is 10.2 Å². The molecule has 0 saturated carbocycles. The van der Waals surface area contributed by atoms with Crippen molar-refractivity contribution in [2.24, 2.45) is 11.8 Å². The number of piperidine rings is 1. The van der Waals surface area contributed by atoms with Crippen LogP contribution >= 0.6 is 11.3 Å². The van der Waals surface area contributed by atoms with E-state index in [0.717, 1.165) is 68.2 Å². The predicted molar refractivity (Wildman–Crippen MR) is 129 cm³/mol. The summed E-state index contributed by atoms with van der Waals surface area (Å²) in [5.41, 5.74) is 1.30. The van der Waals surface area contributed by atoms with E-state index >= 15 is 0 Å². The lowest BCUT2D eigenvalue weighted by molar-refractivity contribution is -0.132. The summed E-state index contributed by atoms with van der Waals surface area (Å²) in [4.78, 5) is 31.9. The number of thiophene rings is 1. The topological polar surface area (TPSA) is 52.6 Å². The number of nitrogens with zero attached hydrogens (tertiary/aromatic N) is 5. The number of aryl methyl sites for hydroxylation is 2. The van der Waals surface area contributed by atoms with Gasteiger partial charge in [0.2, 0.25) is 5.91 Å². The summed E-state index contributed by atoms with van der Waals surface area (Å²) in [6.45, 7) is 17.3. The summed E-state index contributed by atoms with van der Waals surface area (Å²) < 4.78 is 0. The molecule has 4 rings (SSSR count). The van der Waals surface area contributed by atoms with E-state index in [-0.39, 0.29) is 5.91 Å². The summed E-state index contributed by atoms with van der Waals surface area (Å²) in [5, 5.41) is 1.21. The van der Waals surface area contributed by atoms with E-state index in [1.807, 2.05) is 4.90 Å². The highest BCUT2D eigenvalue weighted by Crippen LogP contribution is 2.35. The van der Waals surface area contributed by atoms with Crippen molar-refractivity contribution >= 4 is 33.3 Å². The van der Waals surface area contributed by atoms with Crippen LogP contribution in [0.15, 0.2) is 0 Å². The molecule has 2 aliphatic rings. The molecule has 0 aliphatic carbocycles. The lowest BCUT2D eigenvalue weighted by Crippen LogP contribution is -2.49. The molecule has 170 valence electrons. The molecule has 0 aromatic carbocycles. The molecule has 0 N–H and O–H groups in total. The summed E-state index contributed by atoms with van der Waals surface area (Å²) in [6, 6.07) is 0. The zero-order valence-electron chi connectivity index (χ0n) is 19.8. The molecule has 0 spiro atoms. The molecule has 1 amide bonds. The van der Waals surface area contributed by atoms with Gasteiger partial charge in [0.25, 0.3) is 0 Å². The molecule has 0 bridgehead atoms. The van der Waals surface area contributed by atoms with Gasteiger partial charge in [-0.1, -0.05) is 20.8 Å². The molecule has 6 nitrogen and oxygen atoms in total. The Bertz CT molecular complexity index is 924. The summed E-state index contributed by atoms with van der Waals surface area (Å²) in [7, 11) is 0. The Kier molecular flexibility index (Phi) is 6.82. The molecule has 2 aromatic rings. The number of hydrogen-bond donors (Lipinski definition) is 0. The third-order valence-corrected chi connectivity index (χ3v) is 7.91. The molecule has 2 fully saturated rings. The highest BCUT2D eigenvalue weighted by Gasteiger charge is 2.26. The molecule has 2 saturated heterocycles. The van der Waals surface area contributed by atoms with Gasteiger partial charge in [0.05, 0.1) is 11.9 Å². The van der Waals surface area contributed by atoms with Crippen LogP contribution in [0.3, 0.4) is 0 Å². The lowest BCUT2D eigenvalue weighted by Gasteiger charge is -2.36. The summed E-state index contributed by atoms with van der Waals surface area (Å²) in [6.07, 6.45) is 3.16. The lowest BCUT2D eigenvalue weighted by atomic mass is 9.99. The van der Waals surface area contributed by atoms with Crippen LogP contribution in [-0.2, 0) is 11.3 Å². The Morgan fingerprint density at radius 3 is 2.39 bits per heavy atom. The van der Waals surface area contributed by atoms with Gasteiger partial charge in [-0.05, 0) is 57.2 Å². The number of carbonyl (C=O) groups excluding carboxylic acids is 1. The first kappa shape index (κ1) is 22.5. The molecule has 7 heteroatoms. The van der Waals surface area contributed by atoms with Crippen LogP contribution in [0.2, 0.25) is 0 Å². The van der Waals surface area contributed by atoms with Gasteiger partial charge < -0.3 is 9.80 Å². The van der Waals surface area contributed by atoms with Crippen LogP contribution in [0, 0.1) is 25.7 Å². The predicted octanol–water partition coefficient (Wildman–Crippen LogP) is 4.23. The average molecular weight is 444 g/mol. The largest absolute Gasteiger partial charge is 0.352 e. The fourth-order valence-corrected chi connectivity index (χ4v) is 5.68. The SMILES string of the molecule is Cc1sc2nc(CN3CCC(C)CC3)nc(N3CCN(C(=O)CC(C)C)CC3)c2c1C. The van der Waals surface area contributed by atoms with E-state index in [1.54, 1.807) is 11.3 Å². The molecule has 2 aromatic heterocycles. The number of likely N-dealkylation sites (tertiary alicyclic amines) is 1. The van der Waals surface area contributed by atoms with Gasteiger partial charge in [0.1, 0.15) is 16.5 Å². The monoisotopic (exact) mass is 443 g/mol. The second-order valence-corrected chi connectivity index (χ2v) is 11.1. The standard InChI is InChI=1S/C24H37N5OS/c1-16(2)14-21(30)28-10-12-29(13-11-28)23-22-18(4)19(5)31-24(22)26-20(25-23)15-27-8-6-17(3)7-9-27/h16-17H,6-15H2,1-5H3. The van der Waals surface area contributed by atoms with Gasteiger partial charge >= 0.3 is 0 Å². The van der Waals surface area contributed by atoms with Crippen molar-refractivity contribution in [3.63, 3.8) is 0 Å². The first-order valence-electron chi connectivity index (χ1n) is 11.8. The van der Waals surface area contributed by atoms with Crippen LogP contribution < -0.4 is 4.90 Å². The highest BCUT2D eigenvalue weighted by atomic mass is 32.1. The van der Waals surface area contributed by atoms with E-state index in [2.05, 4.69) is 44.4 Å². The average Bonchev–Trinajstić information content (AvgIpc) is 3.02. The van der Waals surface area contributed by atoms with E-state index in [0.29, 0.717) is 12.3 Å². The minimum atomic E-state index is 0.282. The van der Waals surface area contributed by atoms with Crippen LogP contribution in [-0.4, -0.2) is 64.9 Å². The molecular weight excluding hydrogens is 406 g/mol. The van der Waals surface area contributed by atoms with Crippen LogP contribution in [0.4, 0.5) is 5.82 Å². The van der Waals surface area contributed by atoms with Gasteiger partial charge in [-0.3, -0.25) is 9.69 Å². The smallest absolute Gasteiger partial charge is 0.222 e. The second kappa shape index (κ2) is 9.41. The number of piperazine rings is 1. The van der Waals surface area contributed by atoms with Crippen molar-refractivity contribution in [2.45, 2.75) is 60.4 Å². The maximum absolute atomic E-state index is 12.5. The number of hydrogen-bond acceptors (Lipinski definition) is 6. The molecule has 0 unspecified atom stereocenters. The molecule has 0 atom stereocenters. The second-order valence-electron chi connectivity index (χ2n) is 9.85. The van der Waals surface area contributed by atoms with E-state index in [4.69, 9.17) is 9.97 Å². The number of amides is 1. The van der Waals surface area contributed by atoms with Gasteiger partial charge in [0, 0.05) is 37.5 Å². The van der Waals surface area contributed by atoms with Crippen LogP contribution in [0.5, 0.6) is 0 Å².